The molecule has 3 rings (SSSR count). The van der Waals surface area contributed by atoms with Gasteiger partial charge in [0.25, 0.3) is 0 Å². The molecule has 0 spiro atoms. The molecule has 3 aromatic rings. The predicted octanol–water partition coefficient (Wildman–Crippen LogP) is 4.62. The Hall–Kier alpha value is -2.53. The van der Waals surface area contributed by atoms with Crippen LogP contribution in [0.3, 0.4) is 0 Å². The molecule has 0 saturated heterocycles. The highest BCUT2D eigenvalue weighted by Gasteiger charge is 2.23. The monoisotopic (exact) mass is 365 g/mol. The second kappa shape index (κ2) is 8.23. The van der Waals surface area contributed by atoms with E-state index in [2.05, 4.69) is 17.1 Å². The van der Waals surface area contributed by atoms with E-state index in [4.69, 9.17) is 0 Å². The standard InChI is InChI=1S/C21H23N3OS/c1-4-24(18-13-9-6-10-14-18)20(25)16(2)26-21-22-15-19(23(21)3)17-11-7-5-8-12-17/h5-16H,4H2,1-3H3. The molecule has 26 heavy (non-hydrogen) atoms. The zero-order valence-electron chi connectivity index (χ0n) is 15.3. The number of imidazole rings is 1. The third-order valence-electron chi connectivity index (χ3n) is 4.30. The number of amides is 1. The van der Waals surface area contributed by atoms with E-state index in [-0.39, 0.29) is 11.2 Å². The summed E-state index contributed by atoms with van der Waals surface area (Å²) in [6.45, 7) is 4.58. The first kappa shape index (κ1) is 18.3. The molecule has 1 amide bonds. The number of para-hydroxylation sites is 1. The summed E-state index contributed by atoms with van der Waals surface area (Å²) < 4.78 is 2.04. The van der Waals surface area contributed by atoms with E-state index in [1.807, 2.05) is 85.1 Å². The summed E-state index contributed by atoms with van der Waals surface area (Å²) in [6.07, 6.45) is 1.86. The van der Waals surface area contributed by atoms with E-state index in [0.717, 1.165) is 22.1 Å². The highest BCUT2D eigenvalue weighted by Crippen LogP contribution is 2.29. The molecule has 1 atom stereocenters. The molecule has 134 valence electrons. The second-order valence-electron chi connectivity index (χ2n) is 6.03. The average molecular weight is 366 g/mol. The van der Waals surface area contributed by atoms with Crippen LogP contribution in [0.5, 0.6) is 0 Å². The molecular formula is C21H23N3OS. The minimum Gasteiger partial charge on any atom is -0.322 e. The van der Waals surface area contributed by atoms with Crippen molar-refractivity contribution in [2.24, 2.45) is 7.05 Å². The number of carbonyl (C=O) groups excluding carboxylic acids is 1. The number of nitrogens with zero attached hydrogens (tertiary/aromatic N) is 3. The van der Waals surface area contributed by atoms with Crippen molar-refractivity contribution in [3.05, 3.63) is 66.9 Å². The molecule has 0 fully saturated rings. The number of anilines is 1. The van der Waals surface area contributed by atoms with E-state index in [1.165, 1.54) is 11.8 Å². The minimum atomic E-state index is -0.222. The first-order valence-electron chi connectivity index (χ1n) is 8.72. The lowest BCUT2D eigenvalue weighted by Crippen LogP contribution is -2.36. The fourth-order valence-electron chi connectivity index (χ4n) is 2.88. The Morgan fingerprint density at radius 3 is 2.35 bits per heavy atom. The van der Waals surface area contributed by atoms with Crippen molar-refractivity contribution in [2.75, 3.05) is 11.4 Å². The van der Waals surface area contributed by atoms with Crippen LogP contribution in [-0.4, -0.2) is 27.3 Å². The molecule has 0 saturated carbocycles. The van der Waals surface area contributed by atoms with Gasteiger partial charge in [-0.2, -0.15) is 0 Å². The highest BCUT2D eigenvalue weighted by molar-refractivity contribution is 8.00. The number of benzene rings is 2. The number of hydrogen-bond acceptors (Lipinski definition) is 3. The Balaban J connectivity index is 1.76. The normalized spacial score (nSPS) is 12.0. The van der Waals surface area contributed by atoms with Crippen LogP contribution < -0.4 is 4.90 Å². The lowest BCUT2D eigenvalue weighted by Gasteiger charge is -2.24. The first-order valence-corrected chi connectivity index (χ1v) is 9.60. The predicted molar refractivity (Wildman–Crippen MR) is 108 cm³/mol. The van der Waals surface area contributed by atoms with E-state index in [0.29, 0.717) is 6.54 Å². The van der Waals surface area contributed by atoms with Gasteiger partial charge in [0, 0.05) is 19.3 Å². The van der Waals surface area contributed by atoms with Crippen molar-refractivity contribution >= 4 is 23.4 Å². The summed E-state index contributed by atoms with van der Waals surface area (Å²) in [5, 5.41) is 0.619. The average Bonchev–Trinajstić information content (AvgIpc) is 3.04. The van der Waals surface area contributed by atoms with Crippen LogP contribution in [0.1, 0.15) is 13.8 Å². The molecule has 0 radical (unpaired) electrons. The molecule has 2 aromatic carbocycles. The van der Waals surface area contributed by atoms with Gasteiger partial charge in [-0.15, -0.1) is 0 Å². The smallest absolute Gasteiger partial charge is 0.240 e. The van der Waals surface area contributed by atoms with E-state index in [9.17, 15) is 4.79 Å². The third-order valence-corrected chi connectivity index (χ3v) is 5.44. The van der Waals surface area contributed by atoms with Crippen LogP contribution in [0, 0.1) is 0 Å². The Kier molecular flexibility index (Phi) is 5.78. The summed E-state index contributed by atoms with van der Waals surface area (Å²) in [6, 6.07) is 19.9. The van der Waals surface area contributed by atoms with Crippen molar-refractivity contribution < 1.29 is 4.79 Å². The molecule has 0 aliphatic heterocycles. The van der Waals surface area contributed by atoms with Gasteiger partial charge >= 0.3 is 0 Å². The van der Waals surface area contributed by atoms with Crippen LogP contribution in [0.25, 0.3) is 11.3 Å². The van der Waals surface area contributed by atoms with Crippen LogP contribution in [0.15, 0.2) is 72.0 Å². The highest BCUT2D eigenvalue weighted by atomic mass is 32.2. The largest absolute Gasteiger partial charge is 0.322 e. The Bertz CT molecular complexity index is 861. The van der Waals surface area contributed by atoms with Gasteiger partial charge in [-0.1, -0.05) is 60.3 Å². The Morgan fingerprint density at radius 1 is 1.12 bits per heavy atom. The molecule has 0 N–H and O–H groups in total. The lowest BCUT2D eigenvalue weighted by atomic mass is 10.2. The molecule has 0 aliphatic rings. The van der Waals surface area contributed by atoms with Gasteiger partial charge < -0.3 is 9.47 Å². The molecule has 5 heteroatoms. The maximum absolute atomic E-state index is 12.9. The van der Waals surface area contributed by atoms with Gasteiger partial charge in [0.2, 0.25) is 5.91 Å². The fourth-order valence-corrected chi connectivity index (χ4v) is 3.80. The maximum atomic E-state index is 12.9. The maximum Gasteiger partial charge on any atom is 0.240 e. The van der Waals surface area contributed by atoms with Crippen molar-refractivity contribution in [1.82, 2.24) is 9.55 Å². The quantitative estimate of drug-likeness (QED) is 0.598. The van der Waals surface area contributed by atoms with Crippen LogP contribution in [0.2, 0.25) is 0 Å². The minimum absolute atomic E-state index is 0.0907. The van der Waals surface area contributed by atoms with Crippen molar-refractivity contribution in [3.8, 4) is 11.3 Å². The summed E-state index contributed by atoms with van der Waals surface area (Å²) in [5.41, 5.74) is 3.09. The number of thioether (sulfide) groups is 1. The van der Waals surface area contributed by atoms with Gasteiger partial charge in [-0.25, -0.2) is 4.98 Å². The van der Waals surface area contributed by atoms with Crippen LogP contribution in [-0.2, 0) is 11.8 Å². The van der Waals surface area contributed by atoms with Crippen LogP contribution >= 0.6 is 11.8 Å². The summed E-state index contributed by atoms with van der Waals surface area (Å²) in [4.78, 5) is 19.3. The van der Waals surface area contributed by atoms with Gasteiger partial charge in [0.05, 0.1) is 17.1 Å². The lowest BCUT2D eigenvalue weighted by molar-refractivity contribution is -0.117. The van der Waals surface area contributed by atoms with Crippen molar-refractivity contribution in [3.63, 3.8) is 0 Å². The van der Waals surface area contributed by atoms with Gasteiger partial charge in [-0.3, -0.25) is 4.79 Å². The number of hydrogen-bond donors (Lipinski definition) is 0. The van der Waals surface area contributed by atoms with Gasteiger partial charge in [-0.05, 0) is 31.5 Å². The number of aromatic nitrogens is 2. The summed E-state index contributed by atoms with van der Waals surface area (Å²) in [5.74, 6) is 0.0907. The second-order valence-corrected chi connectivity index (χ2v) is 7.34. The topological polar surface area (TPSA) is 38.1 Å². The molecular weight excluding hydrogens is 342 g/mol. The van der Waals surface area contributed by atoms with E-state index in [1.54, 1.807) is 0 Å². The zero-order valence-corrected chi connectivity index (χ0v) is 16.1. The molecule has 1 aromatic heterocycles. The fraction of sp³-hybridized carbons (Fsp3) is 0.238. The Morgan fingerprint density at radius 2 is 1.73 bits per heavy atom. The van der Waals surface area contributed by atoms with Crippen LogP contribution in [0.4, 0.5) is 5.69 Å². The molecule has 4 nitrogen and oxygen atoms in total. The van der Waals surface area contributed by atoms with E-state index < -0.39 is 0 Å². The molecule has 1 heterocycles. The van der Waals surface area contributed by atoms with Crippen molar-refractivity contribution in [2.45, 2.75) is 24.3 Å². The number of rotatable bonds is 6. The molecule has 0 bridgehead atoms. The molecule has 1 unspecified atom stereocenters. The molecule has 0 aliphatic carbocycles. The van der Waals surface area contributed by atoms with Gasteiger partial charge in [0.15, 0.2) is 5.16 Å². The number of carbonyl (C=O) groups is 1. The van der Waals surface area contributed by atoms with Crippen molar-refractivity contribution in [1.29, 1.82) is 0 Å². The van der Waals surface area contributed by atoms with E-state index >= 15 is 0 Å². The Labute approximate surface area is 158 Å². The zero-order chi connectivity index (χ0) is 18.5. The summed E-state index contributed by atoms with van der Waals surface area (Å²) >= 11 is 1.49. The SMILES string of the molecule is CCN(C(=O)C(C)Sc1ncc(-c2ccccc2)n1C)c1ccccc1. The third kappa shape index (κ3) is 3.83. The first-order chi connectivity index (χ1) is 12.6. The summed E-state index contributed by atoms with van der Waals surface area (Å²) in [7, 11) is 1.99. The van der Waals surface area contributed by atoms with Gasteiger partial charge in [0.1, 0.15) is 0 Å².